The first-order valence-corrected chi connectivity index (χ1v) is 8.25. The van der Waals surface area contributed by atoms with Crippen molar-refractivity contribution < 1.29 is 0 Å². The van der Waals surface area contributed by atoms with Gasteiger partial charge in [0.05, 0.1) is 6.07 Å². The minimum absolute atomic E-state index is 0. The second-order valence-corrected chi connectivity index (χ2v) is 6.45. The Kier molecular flexibility index (Phi) is 7.48. The zero-order valence-electron chi connectivity index (χ0n) is 15.0. The number of rotatable bonds is 6. The summed E-state index contributed by atoms with van der Waals surface area (Å²) in [5.74, 6) is 0. The maximum Gasteiger partial charge on any atom is 0.109 e. The average molecular weight is 343 g/mol. The lowest BCUT2D eigenvalue weighted by molar-refractivity contribution is 0.371. The van der Waals surface area contributed by atoms with Gasteiger partial charge in [0.1, 0.15) is 5.41 Å². The molecule has 0 spiro atoms. The van der Waals surface area contributed by atoms with Crippen LogP contribution in [-0.2, 0) is 11.8 Å². The lowest BCUT2D eigenvalue weighted by Crippen LogP contribution is -2.31. The highest BCUT2D eigenvalue weighted by atomic mass is 35.5. The fourth-order valence-electron chi connectivity index (χ4n) is 3.09. The number of hydrogen-bond acceptors (Lipinski definition) is 2. The van der Waals surface area contributed by atoms with E-state index in [1.54, 1.807) is 0 Å². The van der Waals surface area contributed by atoms with E-state index in [0.29, 0.717) is 0 Å². The summed E-state index contributed by atoms with van der Waals surface area (Å²) >= 11 is 0. The molecule has 1 atom stereocenters. The van der Waals surface area contributed by atoms with Crippen molar-refractivity contribution >= 4 is 12.4 Å². The molecule has 2 nitrogen and oxygen atoms in total. The minimum atomic E-state index is -0.593. The summed E-state index contributed by atoms with van der Waals surface area (Å²) in [5.41, 5.74) is 4.12. The van der Waals surface area contributed by atoms with Crippen LogP contribution in [0.2, 0.25) is 0 Å². The summed E-state index contributed by atoms with van der Waals surface area (Å²) in [6, 6.07) is 19.5. The van der Waals surface area contributed by atoms with Crippen molar-refractivity contribution in [1.29, 1.82) is 5.26 Å². The second-order valence-electron chi connectivity index (χ2n) is 6.45. The summed E-state index contributed by atoms with van der Waals surface area (Å²) in [6.45, 7) is 5.11. The molecule has 0 aromatic heterocycles. The molecule has 0 saturated heterocycles. The molecule has 0 heterocycles. The first-order chi connectivity index (χ1) is 11.0. The molecule has 0 amide bonds. The van der Waals surface area contributed by atoms with Gasteiger partial charge in [-0.25, -0.2) is 0 Å². The van der Waals surface area contributed by atoms with Crippen molar-refractivity contribution in [3.63, 3.8) is 0 Å². The van der Waals surface area contributed by atoms with Gasteiger partial charge in [-0.2, -0.15) is 5.26 Å². The topological polar surface area (TPSA) is 27.0 Å². The predicted octanol–water partition coefficient (Wildman–Crippen LogP) is 4.74. The monoisotopic (exact) mass is 342 g/mol. The summed E-state index contributed by atoms with van der Waals surface area (Å²) in [7, 11) is 4.12. The standard InChI is InChI=1S/C21H26N2.ClH/c1-5-18-8-6-7-9-20(18)21(16-22,14-15-23(3)4)19-12-10-17(2)11-13-19;/h6-13H,5,14-15H2,1-4H3;1H. The highest BCUT2D eigenvalue weighted by Gasteiger charge is 2.35. The number of nitriles is 1. The lowest BCUT2D eigenvalue weighted by Gasteiger charge is -2.31. The van der Waals surface area contributed by atoms with Crippen molar-refractivity contribution in [2.75, 3.05) is 20.6 Å². The van der Waals surface area contributed by atoms with E-state index in [9.17, 15) is 5.26 Å². The summed E-state index contributed by atoms with van der Waals surface area (Å²) in [5, 5.41) is 10.2. The van der Waals surface area contributed by atoms with Crippen molar-refractivity contribution in [2.45, 2.75) is 32.1 Å². The van der Waals surface area contributed by atoms with Crippen molar-refractivity contribution in [1.82, 2.24) is 4.90 Å². The van der Waals surface area contributed by atoms with Gasteiger partial charge in [-0.3, -0.25) is 0 Å². The third-order valence-corrected chi connectivity index (χ3v) is 4.53. The van der Waals surface area contributed by atoms with E-state index in [1.165, 1.54) is 11.1 Å². The van der Waals surface area contributed by atoms with Crippen LogP contribution in [0.25, 0.3) is 0 Å². The molecule has 0 bridgehead atoms. The molecule has 0 aliphatic rings. The van der Waals surface area contributed by atoms with Crippen LogP contribution in [0, 0.1) is 18.3 Å². The van der Waals surface area contributed by atoms with Crippen LogP contribution in [0.4, 0.5) is 0 Å². The molecule has 0 radical (unpaired) electrons. The van der Waals surface area contributed by atoms with Crippen molar-refractivity contribution in [3.05, 3.63) is 70.8 Å². The molecule has 1 unspecified atom stereocenters. The Morgan fingerprint density at radius 3 is 2.21 bits per heavy atom. The van der Waals surface area contributed by atoms with Gasteiger partial charge in [-0.1, -0.05) is 61.0 Å². The molecule has 0 N–H and O–H groups in total. The Morgan fingerprint density at radius 2 is 1.67 bits per heavy atom. The van der Waals surface area contributed by atoms with Gasteiger partial charge in [-0.05, 0) is 57.1 Å². The molecule has 0 fully saturated rings. The quantitative estimate of drug-likeness (QED) is 0.758. The minimum Gasteiger partial charge on any atom is -0.309 e. The normalized spacial score (nSPS) is 13.0. The molecular formula is C21H27ClN2. The Bertz CT molecular complexity index is 686. The number of aryl methyl sites for hydroxylation is 2. The highest BCUT2D eigenvalue weighted by molar-refractivity contribution is 5.85. The molecule has 2 aromatic carbocycles. The lowest BCUT2D eigenvalue weighted by atomic mass is 9.71. The van der Waals surface area contributed by atoms with Crippen LogP contribution in [0.1, 0.15) is 35.6 Å². The van der Waals surface area contributed by atoms with E-state index in [-0.39, 0.29) is 12.4 Å². The largest absolute Gasteiger partial charge is 0.309 e. The highest BCUT2D eigenvalue weighted by Crippen LogP contribution is 2.37. The number of halogens is 1. The second kappa shape index (κ2) is 8.87. The molecule has 24 heavy (non-hydrogen) atoms. The van der Waals surface area contributed by atoms with E-state index < -0.39 is 5.41 Å². The molecular weight excluding hydrogens is 316 g/mol. The van der Waals surface area contributed by atoms with Crippen molar-refractivity contribution in [3.8, 4) is 6.07 Å². The van der Waals surface area contributed by atoms with E-state index in [4.69, 9.17) is 0 Å². The summed E-state index contributed by atoms with van der Waals surface area (Å²) in [4.78, 5) is 2.15. The molecule has 0 aliphatic heterocycles. The molecule has 128 valence electrons. The smallest absolute Gasteiger partial charge is 0.109 e. The first-order valence-electron chi connectivity index (χ1n) is 8.25. The molecule has 0 saturated carbocycles. The van der Waals surface area contributed by atoms with Crippen LogP contribution in [0.3, 0.4) is 0 Å². The van der Waals surface area contributed by atoms with Gasteiger partial charge in [0.15, 0.2) is 0 Å². The number of nitrogens with zero attached hydrogens (tertiary/aromatic N) is 2. The van der Waals surface area contributed by atoms with Gasteiger partial charge >= 0.3 is 0 Å². The van der Waals surface area contributed by atoms with Gasteiger partial charge in [0.25, 0.3) is 0 Å². The molecule has 3 heteroatoms. The van der Waals surface area contributed by atoms with Crippen molar-refractivity contribution in [2.24, 2.45) is 0 Å². The van der Waals surface area contributed by atoms with Crippen LogP contribution >= 0.6 is 12.4 Å². The van der Waals surface area contributed by atoms with Gasteiger partial charge in [0.2, 0.25) is 0 Å². The molecule has 2 rings (SSSR count). The first kappa shape index (κ1) is 20.2. The van der Waals surface area contributed by atoms with Gasteiger partial charge < -0.3 is 4.90 Å². The Balaban J connectivity index is 0.00000288. The van der Waals surface area contributed by atoms with Gasteiger partial charge in [-0.15, -0.1) is 12.4 Å². The Morgan fingerprint density at radius 1 is 1.04 bits per heavy atom. The Labute approximate surface area is 152 Å². The number of hydrogen-bond donors (Lipinski definition) is 0. The van der Waals surface area contributed by atoms with Crippen LogP contribution in [0.5, 0.6) is 0 Å². The maximum absolute atomic E-state index is 10.2. The van der Waals surface area contributed by atoms with E-state index in [0.717, 1.165) is 30.5 Å². The molecule has 2 aromatic rings. The van der Waals surface area contributed by atoms with Crippen LogP contribution in [-0.4, -0.2) is 25.5 Å². The average Bonchev–Trinajstić information content (AvgIpc) is 2.57. The van der Waals surface area contributed by atoms with E-state index in [1.807, 2.05) is 6.07 Å². The number of benzene rings is 2. The summed E-state index contributed by atoms with van der Waals surface area (Å²) < 4.78 is 0. The zero-order chi connectivity index (χ0) is 16.9. The zero-order valence-corrected chi connectivity index (χ0v) is 15.9. The molecule has 0 aliphatic carbocycles. The maximum atomic E-state index is 10.2. The summed E-state index contributed by atoms with van der Waals surface area (Å²) in [6.07, 6.45) is 1.73. The Hall–Kier alpha value is -1.82. The SMILES string of the molecule is CCc1ccccc1C(C#N)(CCN(C)C)c1ccc(C)cc1.Cl. The van der Waals surface area contributed by atoms with E-state index >= 15 is 0 Å². The van der Waals surface area contributed by atoms with Crippen LogP contribution in [0.15, 0.2) is 48.5 Å². The van der Waals surface area contributed by atoms with E-state index in [2.05, 4.69) is 81.4 Å². The van der Waals surface area contributed by atoms with Crippen LogP contribution < -0.4 is 0 Å². The fourth-order valence-corrected chi connectivity index (χ4v) is 3.09. The van der Waals surface area contributed by atoms with Gasteiger partial charge in [0, 0.05) is 0 Å². The predicted molar refractivity (Wildman–Crippen MR) is 104 cm³/mol. The fraction of sp³-hybridized carbons (Fsp3) is 0.381. The third-order valence-electron chi connectivity index (χ3n) is 4.53. The third kappa shape index (κ3) is 4.17.